The Bertz CT molecular complexity index is 525. The molecule has 0 saturated heterocycles. The Balaban J connectivity index is 3.12. The van der Waals surface area contributed by atoms with Crippen molar-refractivity contribution in [3.05, 3.63) is 35.1 Å². The van der Waals surface area contributed by atoms with Crippen molar-refractivity contribution < 1.29 is 14.4 Å². The highest BCUT2D eigenvalue weighted by Gasteiger charge is 2.34. The third kappa shape index (κ3) is 2.89. The Hall–Kier alpha value is -2.11. The Labute approximate surface area is 117 Å². The average molecular weight is 281 g/mol. The van der Waals surface area contributed by atoms with Gasteiger partial charge in [0, 0.05) is 0 Å². The second-order valence-corrected chi connectivity index (χ2v) is 4.67. The number of benzene rings is 1. The summed E-state index contributed by atoms with van der Waals surface area (Å²) in [7, 11) is 0. The van der Waals surface area contributed by atoms with Gasteiger partial charge in [-0.25, -0.2) is 4.39 Å². The summed E-state index contributed by atoms with van der Waals surface area (Å²) in [4.78, 5) is 12.2. The lowest BCUT2D eigenvalue weighted by Gasteiger charge is -2.31. The van der Waals surface area contributed by atoms with E-state index in [4.69, 9.17) is 10.9 Å². The molecule has 0 saturated carbocycles. The van der Waals surface area contributed by atoms with E-state index in [0.29, 0.717) is 18.4 Å². The molecule has 0 aromatic heterocycles. The fraction of sp³-hybridized carbons (Fsp3) is 0.429. The second kappa shape index (κ2) is 6.36. The zero-order chi connectivity index (χ0) is 15.3. The van der Waals surface area contributed by atoms with Crippen molar-refractivity contribution in [2.45, 2.75) is 39.2 Å². The Morgan fingerprint density at radius 2 is 2.05 bits per heavy atom. The molecule has 4 N–H and O–H groups in total. The number of aryl methyl sites for hydroxylation is 1. The van der Waals surface area contributed by atoms with Crippen LogP contribution in [0.1, 0.15) is 42.6 Å². The molecule has 20 heavy (non-hydrogen) atoms. The maximum Gasteiger partial charge on any atom is 0.255 e. The quantitative estimate of drug-likeness (QED) is 0.334. The molecule has 6 heteroatoms. The first-order valence-corrected chi connectivity index (χ1v) is 6.47. The van der Waals surface area contributed by atoms with Gasteiger partial charge < -0.3 is 16.3 Å². The molecule has 0 fully saturated rings. The number of hydrogen-bond donors (Lipinski definition) is 3. The van der Waals surface area contributed by atoms with Crippen LogP contribution in [-0.4, -0.2) is 22.5 Å². The van der Waals surface area contributed by atoms with Gasteiger partial charge >= 0.3 is 0 Å². The highest BCUT2D eigenvalue weighted by Crippen LogP contribution is 2.18. The topological polar surface area (TPSA) is 87.7 Å². The monoisotopic (exact) mass is 281 g/mol. The summed E-state index contributed by atoms with van der Waals surface area (Å²) >= 11 is 0. The van der Waals surface area contributed by atoms with E-state index in [1.165, 1.54) is 6.07 Å². The van der Waals surface area contributed by atoms with Gasteiger partial charge in [-0.3, -0.25) is 4.79 Å². The van der Waals surface area contributed by atoms with Crippen LogP contribution in [0.3, 0.4) is 0 Å². The molecular formula is C14H20FN3O2. The number of rotatable bonds is 5. The molecule has 1 aromatic carbocycles. The van der Waals surface area contributed by atoms with Crippen LogP contribution in [0.15, 0.2) is 23.4 Å². The van der Waals surface area contributed by atoms with Crippen molar-refractivity contribution in [1.82, 2.24) is 5.32 Å². The molecule has 1 rings (SSSR count). The predicted molar refractivity (Wildman–Crippen MR) is 75.3 cm³/mol. The maximum absolute atomic E-state index is 13.9. The summed E-state index contributed by atoms with van der Waals surface area (Å²) in [5.41, 5.74) is 5.01. The van der Waals surface area contributed by atoms with Crippen molar-refractivity contribution in [2.75, 3.05) is 0 Å². The summed E-state index contributed by atoms with van der Waals surface area (Å²) in [5, 5.41) is 14.5. The largest absolute Gasteiger partial charge is 0.409 e. The molecule has 0 atom stereocenters. The minimum Gasteiger partial charge on any atom is -0.409 e. The number of carbonyl (C=O) groups excluding carboxylic acids is 1. The first-order chi connectivity index (χ1) is 9.41. The summed E-state index contributed by atoms with van der Waals surface area (Å²) < 4.78 is 13.9. The number of oxime groups is 1. The van der Waals surface area contributed by atoms with Crippen molar-refractivity contribution in [1.29, 1.82) is 0 Å². The molecule has 5 nitrogen and oxygen atoms in total. The summed E-state index contributed by atoms with van der Waals surface area (Å²) in [6, 6.07) is 4.60. The van der Waals surface area contributed by atoms with Gasteiger partial charge in [0.1, 0.15) is 11.4 Å². The number of amidine groups is 1. The number of amides is 1. The number of nitrogens with zero attached hydrogens (tertiary/aromatic N) is 1. The molecule has 0 spiro atoms. The van der Waals surface area contributed by atoms with Crippen molar-refractivity contribution in [3.8, 4) is 0 Å². The van der Waals surface area contributed by atoms with Crippen molar-refractivity contribution in [3.63, 3.8) is 0 Å². The lowest BCUT2D eigenvalue weighted by molar-refractivity contribution is 0.0913. The Morgan fingerprint density at radius 3 is 2.55 bits per heavy atom. The molecule has 0 aliphatic carbocycles. The fourth-order valence-electron chi connectivity index (χ4n) is 2.06. The second-order valence-electron chi connectivity index (χ2n) is 4.67. The van der Waals surface area contributed by atoms with Gasteiger partial charge in [0.2, 0.25) is 0 Å². The zero-order valence-corrected chi connectivity index (χ0v) is 11.9. The molecular weight excluding hydrogens is 261 g/mol. The third-order valence-corrected chi connectivity index (χ3v) is 3.59. The summed E-state index contributed by atoms with van der Waals surface area (Å²) in [5.74, 6) is -1.24. The molecule has 1 amide bonds. The van der Waals surface area contributed by atoms with Crippen LogP contribution < -0.4 is 11.1 Å². The fourth-order valence-corrected chi connectivity index (χ4v) is 2.06. The standard InChI is InChI=1S/C14H20FN3O2/c1-4-14(5-2,13(16)18-20)17-12(19)10-8-6-7-9(3)11(10)15/h6-8,20H,4-5H2,1-3H3,(H2,16,18)(H,17,19). The number of halogens is 1. The SMILES string of the molecule is CCC(CC)(NC(=O)c1cccc(C)c1F)/C(N)=N/O. The van der Waals surface area contributed by atoms with Crippen molar-refractivity contribution >= 4 is 11.7 Å². The summed E-state index contributed by atoms with van der Waals surface area (Å²) in [6.45, 7) is 5.19. The maximum atomic E-state index is 13.9. The molecule has 0 heterocycles. The van der Waals surface area contributed by atoms with E-state index in [-0.39, 0.29) is 11.4 Å². The number of nitrogens with two attached hydrogens (primary N) is 1. The Kier molecular flexibility index (Phi) is 5.07. The van der Waals surface area contributed by atoms with E-state index in [1.54, 1.807) is 32.9 Å². The van der Waals surface area contributed by atoms with E-state index >= 15 is 0 Å². The predicted octanol–water partition coefficient (Wildman–Crippen LogP) is 2.17. The minimum absolute atomic E-state index is 0.0537. The molecule has 0 aliphatic rings. The molecule has 0 bridgehead atoms. The van der Waals surface area contributed by atoms with Gasteiger partial charge in [-0.15, -0.1) is 0 Å². The van der Waals surface area contributed by atoms with Crippen LogP contribution in [0.5, 0.6) is 0 Å². The van der Waals surface area contributed by atoms with Gasteiger partial charge in [-0.05, 0) is 31.4 Å². The molecule has 1 aromatic rings. The molecule has 0 aliphatic heterocycles. The molecule has 0 unspecified atom stereocenters. The molecule has 110 valence electrons. The smallest absolute Gasteiger partial charge is 0.255 e. The number of carbonyl (C=O) groups is 1. The number of nitrogens with one attached hydrogen (secondary N) is 1. The van der Waals surface area contributed by atoms with Gasteiger partial charge in [-0.1, -0.05) is 31.1 Å². The zero-order valence-electron chi connectivity index (χ0n) is 11.9. The van der Waals surface area contributed by atoms with Crippen LogP contribution >= 0.6 is 0 Å². The van der Waals surface area contributed by atoms with Crippen LogP contribution in [0.25, 0.3) is 0 Å². The minimum atomic E-state index is -0.984. The van der Waals surface area contributed by atoms with Crippen LogP contribution in [0, 0.1) is 12.7 Å². The van der Waals surface area contributed by atoms with Crippen LogP contribution in [0.2, 0.25) is 0 Å². The van der Waals surface area contributed by atoms with E-state index in [9.17, 15) is 9.18 Å². The highest BCUT2D eigenvalue weighted by atomic mass is 19.1. The van der Waals surface area contributed by atoms with E-state index < -0.39 is 17.3 Å². The lowest BCUT2D eigenvalue weighted by Crippen LogP contribution is -2.57. The van der Waals surface area contributed by atoms with E-state index in [2.05, 4.69) is 10.5 Å². The first kappa shape index (κ1) is 15.9. The normalized spacial score (nSPS) is 12.3. The highest BCUT2D eigenvalue weighted by molar-refractivity contribution is 6.00. The molecule has 0 radical (unpaired) electrons. The number of hydrogen-bond acceptors (Lipinski definition) is 3. The van der Waals surface area contributed by atoms with Gasteiger partial charge in [-0.2, -0.15) is 0 Å². The lowest BCUT2D eigenvalue weighted by atomic mass is 9.91. The van der Waals surface area contributed by atoms with Gasteiger partial charge in [0.05, 0.1) is 5.56 Å². The van der Waals surface area contributed by atoms with Crippen LogP contribution in [-0.2, 0) is 0 Å². The first-order valence-electron chi connectivity index (χ1n) is 6.47. The van der Waals surface area contributed by atoms with Gasteiger partial charge in [0.25, 0.3) is 5.91 Å². The van der Waals surface area contributed by atoms with Crippen molar-refractivity contribution in [2.24, 2.45) is 10.9 Å². The van der Waals surface area contributed by atoms with E-state index in [1.807, 2.05) is 0 Å². The summed E-state index contributed by atoms with van der Waals surface area (Å²) in [6.07, 6.45) is 0.858. The average Bonchev–Trinajstić information content (AvgIpc) is 2.46. The van der Waals surface area contributed by atoms with Crippen LogP contribution in [0.4, 0.5) is 4.39 Å². The van der Waals surface area contributed by atoms with Gasteiger partial charge in [0.15, 0.2) is 5.84 Å². The Morgan fingerprint density at radius 1 is 1.45 bits per heavy atom. The van der Waals surface area contributed by atoms with E-state index in [0.717, 1.165) is 0 Å². The third-order valence-electron chi connectivity index (χ3n) is 3.59.